The number of nitrogens with zero attached hydrogens (tertiary/aromatic N) is 3. The van der Waals surface area contributed by atoms with Gasteiger partial charge in [-0.05, 0) is 64.9 Å². The van der Waals surface area contributed by atoms with Crippen LogP contribution in [-0.2, 0) is 32.2 Å². The molecule has 2 fully saturated rings. The Kier molecular flexibility index (Phi) is 15.3. The fourth-order valence-electron chi connectivity index (χ4n) is 8.10. The molecule has 62 heavy (non-hydrogen) atoms. The van der Waals surface area contributed by atoms with Crippen molar-refractivity contribution >= 4 is 34.6 Å². The summed E-state index contributed by atoms with van der Waals surface area (Å²) in [5.41, 5.74) is 14.0. The van der Waals surface area contributed by atoms with Crippen molar-refractivity contribution in [2.75, 3.05) is 48.7 Å². The number of non-ortho nitro benzene ring substituents is 1. The van der Waals surface area contributed by atoms with Crippen LogP contribution < -0.4 is 21.3 Å². The zero-order valence-electron chi connectivity index (χ0n) is 35.0. The molecule has 5 aromatic rings. The van der Waals surface area contributed by atoms with Gasteiger partial charge in [-0.2, -0.15) is 0 Å². The number of carbonyl (C=O) groups is 2. The van der Waals surface area contributed by atoms with Gasteiger partial charge in [-0.15, -0.1) is 0 Å². The van der Waals surface area contributed by atoms with Crippen LogP contribution in [0.4, 0.5) is 22.7 Å². The van der Waals surface area contributed by atoms with Gasteiger partial charge in [0.2, 0.25) is 11.8 Å². The van der Waals surface area contributed by atoms with Gasteiger partial charge in [0.25, 0.3) is 5.69 Å². The largest absolute Gasteiger partial charge is 0.397 e. The molecule has 0 saturated carbocycles. The van der Waals surface area contributed by atoms with Gasteiger partial charge >= 0.3 is 0 Å². The van der Waals surface area contributed by atoms with Crippen LogP contribution >= 0.6 is 0 Å². The summed E-state index contributed by atoms with van der Waals surface area (Å²) in [6, 6.07) is 38.2. The number of nitrogen functional groups attached to an aromatic ring is 1. The van der Waals surface area contributed by atoms with E-state index in [0.29, 0.717) is 37.2 Å². The van der Waals surface area contributed by atoms with Crippen molar-refractivity contribution in [2.24, 2.45) is 0 Å². The fraction of sp³-hybridized carbons (Fsp3) is 0.347. The Morgan fingerprint density at radius 1 is 0.758 bits per heavy atom. The number of aliphatic hydroxyl groups is 1. The van der Waals surface area contributed by atoms with E-state index in [2.05, 4.69) is 38.6 Å². The van der Waals surface area contributed by atoms with Crippen LogP contribution in [0.25, 0.3) is 11.1 Å². The Hall–Kier alpha value is -6.12. The highest BCUT2D eigenvalue weighted by atomic mass is 16.7. The number of piperazine rings is 1. The topological polar surface area (TPSA) is 173 Å². The van der Waals surface area contributed by atoms with E-state index in [0.717, 1.165) is 97.5 Å². The minimum absolute atomic E-state index is 0.000483. The quantitative estimate of drug-likeness (QED) is 0.0291. The van der Waals surface area contributed by atoms with Crippen LogP contribution in [0.2, 0.25) is 0 Å². The van der Waals surface area contributed by atoms with Gasteiger partial charge in [0.15, 0.2) is 6.29 Å². The lowest BCUT2D eigenvalue weighted by atomic mass is 9.97. The predicted octanol–water partition coefficient (Wildman–Crippen LogP) is 8.30. The summed E-state index contributed by atoms with van der Waals surface area (Å²) in [5, 5.41) is 26.7. The Labute approximate surface area is 363 Å². The van der Waals surface area contributed by atoms with Crippen LogP contribution in [0.3, 0.4) is 0 Å². The van der Waals surface area contributed by atoms with Gasteiger partial charge in [0.05, 0.1) is 35.1 Å². The van der Waals surface area contributed by atoms with Crippen molar-refractivity contribution in [3.63, 3.8) is 0 Å². The van der Waals surface area contributed by atoms with E-state index in [-0.39, 0.29) is 41.2 Å². The number of aliphatic hydroxyl groups excluding tert-OH is 1. The Morgan fingerprint density at radius 2 is 1.42 bits per heavy atom. The first-order valence-electron chi connectivity index (χ1n) is 21.5. The third kappa shape index (κ3) is 12.0. The van der Waals surface area contributed by atoms with E-state index in [1.165, 1.54) is 0 Å². The SMILES string of the molecule is Nc1ccccc1NC(=O)CCCCCCC(=O)NCc1ccccc1-c1ccc([C@H]2O[C@@H](CN3CCN(c4ccc([N+](=O)[O-])cc4)CC3)C[C@@H](c3ccc(CO)cc3)O2)cc1. The number of amides is 2. The number of carbonyl (C=O) groups excluding carboxylic acids is 2. The molecular weight excluding hydrogens is 785 g/mol. The Bertz CT molecular complexity index is 2250. The second kappa shape index (κ2) is 21.6. The maximum Gasteiger partial charge on any atom is 0.269 e. The lowest BCUT2D eigenvalue weighted by Crippen LogP contribution is -2.49. The highest BCUT2D eigenvalue weighted by Gasteiger charge is 2.34. The van der Waals surface area contributed by atoms with E-state index in [1.54, 1.807) is 24.3 Å². The summed E-state index contributed by atoms with van der Waals surface area (Å²) in [4.78, 5) is 40.5. The van der Waals surface area contributed by atoms with Crippen molar-refractivity contribution in [1.82, 2.24) is 10.2 Å². The van der Waals surface area contributed by atoms with E-state index in [4.69, 9.17) is 15.2 Å². The zero-order valence-corrected chi connectivity index (χ0v) is 35.0. The van der Waals surface area contributed by atoms with Crippen molar-refractivity contribution in [3.05, 3.63) is 154 Å². The number of hydrogen-bond donors (Lipinski definition) is 4. The smallest absolute Gasteiger partial charge is 0.269 e. The second-order valence-corrected chi connectivity index (χ2v) is 16.0. The highest BCUT2D eigenvalue weighted by Crippen LogP contribution is 2.39. The first-order valence-corrected chi connectivity index (χ1v) is 21.5. The second-order valence-electron chi connectivity index (χ2n) is 16.0. The number of rotatable bonds is 18. The summed E-state index contributed by atoms with van der Waals surface area (Å²) in [6.45, 7) is 4.40. The Balaban J connectivity index is 0.915. The van der Waals surface area contributed by atoms with E-state index in [9.17, 15) is 24.8 Å². The number of unbranched alkanes of at least 4 members (excludes halogenated alkanes) is 3. The van der Waals surface area contributed by atoms with Crippen molar-refractivity contribution < 1.29 is 29.1 Å². The number of para-hydroxylation sites is 2. The highest BCUT2D eigenvalue weighted by molar-refractivity contribution is 5.93. The molecule has 324 valence electrons. The number of nitrogens with two attached hydrogens (primary N) is 1. The van der Waals surface area contributed by atoms with Crippen LogP contribution in [0.5, 0.6) is 0 Å². The molecule has 0 bridgehead atoms. The van der Waals surface area contributed by atoms with E-state index in [1.807, 2.05) is 78.9 Å². The summed E-state index contributed by atoms with van der Waals surface area (Å²) in [5.74, 6) is -0.0593. The molecule has 2 amide bonds. The number of nitrogens with one attached hydrogen (secondary N) is 2. The molecule has 2 saturated heterocycles. The standard InChI is InChI=1S/C49H56N6O7/c50-44-11-7-8-12-45(44)52-48(58)14-4-2-1-3-13-47(57)51-32-39-9-5-6-10-43(39)36-19-21-38(22-20-36)49-61-42(31-46(62-49)37-17-15-35(34-56)16-18-37)33-53-27-29-54(30-28-53)40-23-25-41(26-24-40)55(59)60/h5-12,15-26,42,46,49,56H,1-4,13-14,27-34,50H2,(H,51,57)(H,52,58)/t42-,46+,49+/m1/s1. The zero-order chi connectivity index (χ0) is 43.3. The van der Waals surface area contributed by atoms with Crippen LogP contribution in [0.1, 0.15) is 79.6 Å². The summed E-state index contributed by atoms with van der Waals surface area (Å²) in [6.07, 6.45) is 3.86. The molecule has 0 spiro atoms. The van der Waals surface area contributed by atoms with Gasteiger partial charge in [-0.25, -0.2) is 0 Å². The van der Waals surface area contributed by atoms with Crippen molar-refractivity contribution in [1.29, 1.82) is 0 Å². The van der Waals surface area contributed by atoms with Crippen molar-refractivity contribution in [3.8, 4) is 11.1 Å². The van der Waals surface area contributed by atoms with E-state index >= 15 is 0 Å². The predicted molar refractivity (Wildman–Crippen MR) is 241 cm³/mol. The molecule has 5 aromatic carbocycles. The molecule has 0 aliphatic carbocycles. The number of benzene rings is 5. The third-order valence-electron chi connectivity index (χ3n) is 11.7. The van der Waals surface area contributed by atoms with Gasteiger partial charge < -0.3 is 35.8 Å². The third-order valence-corrected chi connectivity index (χ3v) is 11.7. The van der Waals surface area contributed by atoms with Crippen LogP contribution in [0, 0.1) is 10.1 Å². The average molecular weight is 841 g/mol. The first-order chi connectivity index (χ1) is 30.2. The monoisotopic (exact) mass is 840 g/mol. The lowest BCUT2D eigenvalue weighted by molar-refractivity contribution is -0.384. The molecule has 7 rings (SSSR count). The first kappa shape index (κ1) is 44.0. The van der Waals surface area contributed by atoms with Gasteiger partial charge in [0.1, 0.15) is 0 Å². The minimum atomic E-state index is -0.591. The Morgan fingerprint density at radius 3 is 2.11 bits per heavy atom. The van der Waals surface area contributed by atoms with Gasteiger partial charge in [-0.3, -0.25) is 24.6 Å². The molecule has 13 heteroatoms. The summed E-state index contributed by atoms with van der Waals surface area (Å²) in [7, 11) is 0. The normalized spacial score (nSPS) is 18.0. The number of ether oxygens (including phenoxy) is 2. The number of nitro groups is 1. The van der Waals surface area contributed by atoms with Crippen molar-refractivity contribution in [2.45, 2.75) is 76.6 Å². The summed E-state index contributed by atoms with van der Waals surface area (Å²) >= 11 is 0. The maximum absolute atomic E-state index is 12.8. The lowest BCUT2D eigenvalue weighted by Gasteiger charge is -2.41. The molecule has 0 radical (unpaired) electrons. The van der Waals surface area contributed by atoms with Gasteiger partial charge in [0, 0.05) is 81.9 Å². The molecule has 13 nitrogen and oxygen atoms in total. The number of hydrogen-bond acceptors (Lipinski definition) is 10. The molecule has 2 aliphatic rings. The summed E-state index contributed by atoms with van der Waals surface area (Å²) < 4.78 is 13.3. The number of anilines is 3. The molecule has 0 unspecified atom stereocenters. The van der Waals surface area contributed by atoms with Crippen LogP contribution in [-0.4, -0.2) is 65.6 Å². The van der Waals surface area contributed by atoms with Gasteiger partial charge in [-0.1, -0.05) is 97.8 Å². The van der Waals surface area contributed by atoms with E-state index < -0.39 is 6.29 Å². The molecule has 3 atom stereocenters. The fourth-order valence-corrected chi connectivity index (χ4v) is 8.10. The maximum atomic E-state index is 12.8. The molecular formula is C49H56N6O7. The molecule has 2 aliphatic heterocycles. The molecule has 0 aromatic heterocycles. The molecule has 5 N–H and O–H groups in total. The number of nitro benzene ring substituents is 1. The molecule has 2 heterocycles. The van der Waals surface area contributed by atoms with Crippen LogP contribution in [0.15, 0.2) is 121 Å². The average Bonchev–Trinajstić information content (AvgIpc) is 3.30. The minimum Gasteiger partial charge on any atom is -0.397 e.